The number of rotatable bonds is 5. The lowest BCUT2D eigenvalue weighted by atomic mass is 10.2. The van der Waals surface area contributed by atoms with E-state index in [2.05, 4.69) is 13.8 Å². The van der Waals surface area contributed by atoms with E-state index in [9.17, 15) is 0 Å². The highest BCUT2D eigenvalue weighted by atomic mass is 16.6. The van der Waals surface area contributed by atoms with Crippen LogP contribution in [0.15, 0.2) is 0 Å². The molecule has 0 aromatic rings. The molecule has 0 atom stereocenters. The van der Waals surface area contributed by atoms with Crippen molar-refractivity contribution in [2.75, 3.05) is 27.1 Å². The fraction of sp³-hybridized carbons (Fsp3) is 1.00. The standard InChI is InChI=1S/C7H17NO2/c1-7(2)4-8(3)5-10-6-9/h7,9H,4-6H2,1-3H3. The van der Waals surface area contributed by atoms with Crippen LogP contribution in [0.5, 0.6) is 0 Å². The summed E-state index contributed by atoms with van der Waals surface area (Å²) in [5, 5.41) is 8.30. The van der Waals surface area contributed by atoms with Gasteiger partial charge in [0.05, 0.1) is 0 Å². The van der Waals surface area contributed by atoms with Gasteiger partial charge in [0.1, 0.15) is 13.5 Å². The summed E-state index contributed by atoms with van der Waals surface area (Å²) in [5.74, 6) is 0.646. The molecule has 0 fully saturated rings. The largest absolute Gasteiger partial charge is 0.371 e. The highest BCUT2D eigenvalue weighted by Crippen LogP contribution is 1.94. The zero-order valence-corrected chi connectivity index (χ0v) is 7.00. The molecule has 0 aliphatic rings. The number of aliphatic hydroxyl groups is 1. The SMILES string of the molecule is CC(C)CN(C)COCO. The first-order valence-electron chi connectivity index (χ1n) is 3.54. The highest BCUT2D eigenvalue weighted by Gasteiger charge is 1.99. The molecule has 0 saturated carbocycles. The van der Waals surface area contributed by atoms with Crippen LogP contribution in [-0.2, 0) is 4.74 Å². The molecule has 0 amide bonds. The number of nitrogens with zero attached hydrogens (tertiary/aromatic N) is 1. The van der Waals surface area contributed by atoms with Crippen molar-refractivity contribution < 1.29 is 9.84 Å². The van der Waals surface area contributed by atoms with E-state index in [1.54, 1.807) is 0 Å². The molecule has 0 aliphatic carbocycles. The molecule has 0 aliphatic heterocycles. The van der Waals surface area contributed by atoms with Crippen LogP contribution in [0, 0.1) is 5.92 Å². The fourth-order valence-corrected chi connectivity index (χ4v) is 0.873. The first-order valence-corrected chi connectivity index (χ1v) is 3.54. The first-order chi connectivity index (χ1) is 4.66. The minimum atomic E-state index is -0.192. The van der Waals surface area contributed by atoms with E-state index in [4.69, 9.17) is 9.84 Å². The Hall–Kier alpha value is -0.120. The molecule has 0 bridgehead atoms. The molecular formula is C7H17NO2. The average molecular weight is 147 g/mol. The maximum absolute atomic E-state index is 8.30. The summed E-state index contributed by atoms with van der Waals surface area (Å²) in [7, 11) is 1.97. The molecule has 0 saturated heterocycles. The van der Waals surface area contributed by atoms with Gasteiger partial charge in [-0.1, -0.05) is 13.8 Å². The Kier molecular flexibility index (Phi) is 5.58. The molecule has 0 radical (unpaired) electrons. The molecule has 62 valence electrons. The topological polar surface area (TPSA) is 32.7 Å². The molecule has 3 heteroatoms. The van der Waals surface area contributed by atoms with Crippen LogP contribution in [0.3, 0.4) is 0 Å². The second-order valence-electron chi connectivity index (χ2n) is 2.89. The van der Waals surface area contributed by atoms with Crippen molar-refractivity contribution in [3.8, 4) is 0 Å². The van der Waals surface area contributed by atoms with Gasteiger partial charge < -0.3 is 9.84 Å². The molecule has 0 heterocycles. The third-order valence-corrected chi connectivity index (χ3v) is 1.08. The third-order valence-electron chi connectivity index (χ3n) is 1.08. The Bertz CT molecular complexity index is 76.0. The van der Waals surface area contributed by atoms with Gasteiger partial charge in [-0.3, -0.25) is 4.90 Å². The monoisotopic (exact) mass is 147 g/mol. The minimum Gasteiger partial charge on any atom is -0.371 e. The molecule has 10 heavy (non-hydrogen) atoms. The van der Waals surface area contributed by atoms with E-state index in [1.807, 2.05) is 11.9 Å². The second kappa shape index (κ2) is 5.65. The van der Waals surface area contributed by atoms with Crippen LogP contribution in [0.1, 0.15) is 13.8 Å². The summed E-state index contributed by atoms with van der Waals surface area (Å²) < 4.78 is 4.78. The van der Waals surface area contributed by atoms with E-state index in [-0.39, 0.29) is 6.79 Å². The number of ether oxygens (including phenoxy) is 1. The van der Waals surface area contributed by atoms with E-state index in [0.29, 0.717) is 12.6 Å². The van der Waals surface area contributed by atoms with Crippen LogP contribution in [0.2, 0.25) is 0 Å². The molecule has 0 unspecified atom stereocenters. The van der Waals surface area contributed by atoms with Crippen molar-refractivity contribution in [3.63, 3.8) is 0 Å². The van der Waals surface area contributed by atoms with Crippen LogP contribution in [0.4, 0.5) is 0 Å². The van der Waals surface area contributed by atoms with Crippen LogP contribution >= 0.6 is 0 Å². The molecule has 0 rings (SSSR count). The molecule has 1 N–H and O–H groups in total. The summed E-state index contributed by atoms with van der Waals surface area (Å²) in [4.78, 5) is 2.03. The van der Waals surface area contributed by atoms with Crippen molar-refractivity contribution in [1.82, 2.24) is 4.90 Å². The van der Waals surface area contributed by atoms with Gasteiger partial charge in [-0.25, -0.2) is 0 Å². The summed E-state index contributed by atoms with van der Waals surface area (Å²) >= 11 is 0. The van der Waals surface area contributed by atoms with Crippen molar-refractivity contribution >= 4 is 0 Å². The Morgan fingerprint density at radius 1 is 1.50 bits per heavy atom. The van der Waals surface area contributed by atoms with E-state index < -0.39 is 0 Å². The zero-order chi connectivity index (χ0) is 7.98. The maximum Gasteiger partial charge on any atom is 0.145 e. The Balaban J connectivity index is 3.16. The van der Waals surface area contributed by atoms with Gasteiger partial charge in [0.25, 0.3) is 0 Å². The van der Waals surface area contributed by atoms with Gasteiger partial charge in [0, 0.05) is 6.54 Å². The van der Waals surface area contributed by atoms with Gasteiger partial charge in [0.2, 0.25) is 0 Å². The van der Waals surface area contributed by atoms with Gasteiger partial charge in [0.15, 0.2) is 0 Å². The molecule has 0 aromatic carbocycles. The first kappa shape index (κ1) is 9.88. The van der Waals surface area contributed by atoms with Crippen LogP contribution in [-0.4, -0.2) is 37.1 Å². The van der Waals surface area contributed by atoms with Crippen molar-refractivity contribution in [2.24, 2.45) is 5.92 Å². The lowest BCUT2D eigenvalue weighted by molar-refractivity contribution is -0.0494. The molecule has 3 nitrogen and oxygen atoms in total. The third kappa shape index (κ3) is 6.01. The summed E-state index contributed by atoms with van der Waals surface area (Å²) in [6, 6.07) is 0. The average Bonchev–Trinajstić information content (AvgIpc) is 1.82. The van der Waals surface area contributed by atoms with Gasteiger partial charge >= 0.3 is 0 Å². The van der Waals surface area contributed by atoms with Gasteiger partial charge in [-0.2, -0.15) is 0 Å². The van der Waals surface area contributed by atoms with Gasteiger partial charge in [-0.05, 0) is 13.0 Å². The van der Waals surface area contributed by atoms with Gasteiger partial charge in [-0.15, -0.1) is 0 Å². The van der Waals surface area contributed by atoms with E-state index >= 15 is 0 Å². The molecular weight excluding hydrogens is 130 g/mol. The minimum absolute atomic E-state index is 0.192. The van der Waals surface area contributed by atoms with E-state index in [1.165, 1.54) is 0 Å². The van der Waals surface area contributed by atoms with Crippen LogP contribution in [0.25, 0.3) is 0 Å². The Morgan fingerprint density at radius 2 is 2.10 bits per heavy atom. The Labute approximate surface area is 62.6 Å². The quantitative estimate of drug-likeness (QED) is 0.575. The maximum atomic E-state index is 8.30. The predicted octanol–water partition coefficient (Wildman–Crippen LogP) is 0.498. The number of aliphatic hydroxyl groups excluding tert-OH is 1. The Morgan fingerprint density at radius 3 is 2.50 bits per heavy atom. The van der Waals surface area contributed by atoms with Crippen LogP contribution < -0.4 is 0 Å². The smallest absolute Gasteiger partial charge is 0.145 e. The lowest BCUT2D eigenvalue weighted by Gasteiger charge is -2.17. The number of hydrogen-bond donors (Lipinski definition) is 1. The lowest BCUT2D eigenvalue weighted by Crippen LogP contribution is -2.26. The normalized spacial score (nSPS) is 11.4. The van der Waals surface area contributed by atoms with E-state index in [0.717, 1.165) is 6.54 Å². The summed E-state index contributed by atoms with van der Waals surface area (Å²) in [5.41, 5.74) is 0. The second-order valence-corrected chi connectivity index (χ2v) is 2.89. The molecule has 0 aromatic heterocycles. The number of hydrogen-bond acceptors (Lipinski definition) is 3. The van der Waals surface area contributed by atoms with Crippen molar-refractivity contribution in [3.05, 3.63) is 0 Å². The van der Waals surface area contributed by atoms with Crippen molar-refractivity contribution in [2.45, 2.75) is 13.8 Å². The fourth-order valence-electron chi connectivity index (χ4n) is 0.873. The van der Waals surface area contributed by atoms with Crippen molar-refractivity contribution in [1.29, 1.82) is 0 Å². The highest BCUT2D eigenvalue weighted by molar-refractivity contribution is 4.48. The zero-order valence-electron chi connectivity index (χ0n) is 7.00. The summed E-state index contributed by atoms with van der Waals surface area (Å²) in [6.45, 7) is 5.61. The summed E-state index contributed by atoms with van der Waals surface area (Å²) in [6.07, 6.45) is 0. The predicted molar refractivity (Wildman–Crippen MR) is 40.5 cm³/mol. The molecule has 0 spiro atoms.